The van der Waals surface area contributed by atoms with Gasteiger partial charge in [0.15, 0.2) is 0 Å². The lowest BCUT2D eigenvalue weighted by Gasteiger charge is -2.42. The van der Waals surface area contributed by atoms with Crippen LogP contribution in [0.1, 0.15) is 6.92 Å². The standard InChI is InChI=1S/C13H22N6/c1-9-7-19(12-2-4-17-6-10(12)15)8-11(16)13(9)18-5-3-14/h2-6,9,11,13,18H,7-8,14-16H2,1H3/b5-3-. The fourth-order valence-corrected chi connectivity index (χ4v) is 2.66. The van der Waals surface area contributed by atoms with Gasteiger partial charge >= 0.3 is 0 Å². The second kappa shape index (κ2) is 5.79. The lowest BCUT2D eigenvalue weighted by atomic mass is 9.90. The highest BCUT2D eigenvalue weighted by molar-refractivity contribution is 5.66. The van der Waals surface area contributed by atoms with Crippen LogP contribution in [0.15, 0.2) is 30.9 Å². The van der Waals surface area contributed by atoms with Crippen LogP contribution in [0.25, 0.3) is 0 Å². The van der Waals surface area contributed by atoms with Gasteiger partial charge in [0.1, 0.15) is 0 Å². The van der Waals surface area contributed by atoms with Crippen LogP contribution >= 0.6 is 0 Å². The molecule has 0 aliphatic carbocycles. The second-order valence-electron chi connectivity index (χ2n) is 5.03. The number of hydrogen-bond acceptors (Lipinski definition) is 6. The van der Waals surface area contributed by atoms with Gasteiger partial charge < -0.3 is 27.4 Å². The molecule has 0 bridgehead atoms. The van der Waals surface area contributed by atoms with Crippen LogP contribution in [-0.2, 0) is 0 Å². The van der Waals surface area contributed by atoms with Crippen LogP contribution in [-0.4, -0.2) is 30.2 Å². The summed E-state index contributed by atoms with van der Waals surface area (Å²) >= 11 is 0. The Kier molecular flexibility index (Phi) is 4.11. The molecule has 2 heterocycles. The average molecular weight is 262 g/mol. The lowest BCUT2D eigenvalue weighted by Crippen LogP contribution is -2.60. The molecular weight excluding hydrogens is 240 g/mol. The molecule has 1 fully saturated rings. The first-order valence-electron chi connectivity index (χ1n) is 6.46. The minimum Gasteiger partial charge on any atom is -0.403 e. The molecule has 0 radical (unpaired) electrons. The van der Waals surface area contributed by atoms with Gasteiger partial charge in [0.2, 0.25) is 0 Å². The van der Waals surface area contributed by atoms with Gasteiger partial charge in [0, 0.05) is 43.8 Å². The van der Waals surface area contributed by atoms with Gasteiger partial charge in [-0.1, -0.05) is 6.92 Å². The van der Waals surface area contributed by atoms with Gasteiger partial charge in [0.25, 0.3) is 0 Å². The molecule has 1 aliphatic rings. The number of nitrogens with two attached hydrogens (primary N) is 3. The Hall–Kier alpha value is -1.95. The Morgan fingerprint density at radius 1 is 1.47 bits per heavy atom. The summed E-state index contributed by atoms with van der Waals surface area (Å²) in [4.78, 5) is 6.23. The van der Waals surface area contributed by atoms with Crippen LogP contribution in [0.2, 0.25) is 0 Å². The number of hydrogen-bond donors (Lipinski definition) is 4. The van der Waals surface area contributed by atoms with Crippen molar-refractivity contribution in [1.82, 2.24) is 10.3 Å². The Balaban J connectivity index is 2.11. The number of pyridine rings is 1. The van der Waals surface area contributed by atoms with Gasteiger partial charge in [-0.2, -0.15) is 0 Å². The summed E-state index contributed by atoms with van der Waals surface area (Å²) in [6, 6.07) is 2.18. The normalized spacial score (nSPS) is 27.7. The molecular formula is C13H22N6. The van der Waals surface area contributed by atoms with Crippen LogP contribution < -0.4 is 27.4 Å². The third-order valence-electron chi connectivity index (χ3n) is 3.57. The van der Waals surface area contributed by atoms with E-state index in [1.165, 1.54) is 6.20 Å². The van der Waals surface area contributed by atoms with Crippen LogP contribution in [0, 0.1) is 5.92 Å². The van der Waals surface area contributed by atoms with Crippen molar-refractivity contribution >= 4 is 11.4 Å². The minimum atomic E-state index is 0.0208. The van der Waals surface area contributed by atoms with Crippen molar-refractivity contribution in [1.29, 1.82) is 0 Å². The average Bonchev–Trinajstić information content (AvgIpc) is 2.38. The van der Waals surface area contributed by atoms with Gasteiger partial charge in [-0.15, -0.1) is 0 Å². The Bertz CT molecular complexity index is 435. The predicted molar refractivity (Wildman–Crippen MR) is 78.3 cm³/mol. The first-order chi connectivity index (χ1) is 9.13. The number of aromatic nitrogens is 1. The molecule has 6 nitrogen and oxygen atoms in total. The maximum Gasteiger partial charge on any atom is 0.0738 e. The molecule has 6 heteroatoms. The van der Waals surface area contributed by atoms with Gasteiger partial charge in [-0.3, -0.25) is 4.98 Å². The van der Waals surface area contributed by atoms with E-state index in [1.807, 2.05) is 6.07 Å². The first-order valence-corrected chi connectivity index (χ1v) is 6.46. The molecule has 3 unspecified atom stereocenters. The summed E-state index contributed by atoms with van der Waals surface area (Å²) in [5, 5.41) is 3.26. The number of piperidine rings is 1. The Labute approximate surface area is 113 Å². The molecule has 1 aromatic rings. The van der Waals surface area contributed by atoms with E-state index in [-0.39, 0.29) is 12.1 Å². The van der Waals surface area contributed by atoms with E-state index in [9.17, 15) is 0 Å². The zero-order chi connectivity index (χ0) is 13.8. The number of nitrogens with zero attached hydrogens (tertiary/aromatic N) is 2. The maximum atomic E-state index is 6.25. The van der Waals surface area contributed by atoms with Crippen molar-refractivity contribution < 1.29 is 0 Å². The summed E-state index contributed by atoms with van der Waals surface area (Å²) in [5.74, 6) is 0.396. The largest absolute Gasteiger partial charge is 0.403 e. The first kappa shape index (κ1) is 13.5. The van der Waals surface area contributed by atoms with E-state index >= 15 is 0 Å². The van der Waals surface area contributed by atoms with Crippen LogP contribution in [0.3, 0.4) is 0 Å². The lowest BCUT2D eigenvalue weighted by molar-refractivity contribution is 0.310. The number of nitrogens with one attached hydrogen (secondary N) is 1. The van der Waals surface area contributed by atoms with Crippen LogP contribution in [0.5, 0.6) is 0 Å². The fraction of sp³-hybridized carbons (Fsp3) is 0.462. The summed E-state index contributed by atoms with van der Waals surface area (Å²) in [6.45, 7) is 3.83. The molecule has 104 valence electrons. The van der Waals surface area contributed by atoms with Crippen molar-refractivity contribution in [3.8, 4) is 0 Å². The van der Waals surface area contributed by atoms with E-state index in [0.29, 0.717) is 11.6 Å². The van der Waals surface area contributed by atoms with Crippen molar-refractivity contribution in [2.24, 2.45) is 17.4 Å². The van der Waals surface area contributed by atoms with E-state index in [2.05, 4.69) is 22.1 Å². The van der Waals surface area contributed by atoms with Crippen molar-refractivity contribution in [3.63, 3.8) is 0 Å². The summed E-state index contributed by atoms with van der Waals surface area (Å²) in [5.41, 5.74) is 19.3. The summed E-state index contributed by atoms with van der Waals surface area (Å²) < 4.78 is 0. The number of rotatable bonds is 3. The second-order valence-corrected chi connectivity index (χ2v) is 5.03. The smallest absolute Gasteiger partial charge is 0.0738 e. The molecule has 3 atom stereocenters. The molecule has 1 aliphatic heterocycles. The SMILES string of the molecule is CC1CN(c2ccncc2N)CC(N)C1N/C=C\N. The molecule has 7 N–H and O–H groups in total. The van der Waals surface area contributed by atoms with Crippen molar-refractivity contribution in [2.45, 2.75) is 19.0 Å². The third-order valence-corrected chi connectivity index (χ3v) is 3.57. The predicted octanol–water partition coefficient (Wildman–Crippen LogP) is -0.165. The number of nitrogen functional groups attached to an aromatic ring is 1. The molecule has 19 heavy (non-hydrogen) atoms. The molecule has 0 spiro atoms. The molecule has 2 rings (SSSR count). The summed E-state index contributed by atoms with van der Waals surface area (Å²) in [6.07, 6.45) is 6.67. The molecule has 0 saturated carbocycles. The van der Waals surface area contributed by atoms with Crippen molar-refractivity contribution in [2.75, 3.05) is 23.7 Å². The highest BCUT2D eigenvalue weighted by Crippen LogP contribution is 2.26. The zero-order valence-corrected chi connectivity index (χ0v) is 11.2. The molecule has 1 aromatic heterocycles. The molecule has 1 saturated heterocycles. The highest BCUT2D eigenvalue weighted by atomic mass is 15.2. The van der Waals surface area contributed by atoms with E-state index < -0.39 is 0 Å². The monoisotopic (exact) mass is 262 g/mol. The van der Waals surface area contributed by atoms with Crippen LogP contribution in [0.4, 0.5) is 11.4 Å². The van der Waals surface area contributed by atoms with Crippen molar-refractivity contribution in [3.05, 3.63) is 30.9 Å². The fourth-order valence-electron chi connectivity index (χ4n) is 2.66. The molecule has 0 aromatic carbocycles. The van der Waals surface area contributed by atoms with E-state index in [4.69, 9.17) is 17.2 Å². The van der Waals surface area contributed by atoms with Gasteiger partial charge in [-0.25, -0.2) is 0 Å². The zero-order valence-electron chi connectivity index (χ0n) is 11.2. The summed E-state index contributed by atoms with van der Waals surface area (Å²) in [7, 11) is 0. The minimum absolute atomic E-state index is 0.0208. The quantitative estimate of drug-likeness (QED) is 0.603. The van der Waals surface area contributed by atoms with E-state index in [0.717, 1.165) is 18.8 Å². The Morgan fingerprint density at radius 2 is 2.26 bits per heavy atom. The number of anilines is 2. The Morgan fingerprint density at radius 3 is 2.89 bits per heavy atom. The third kappa shape index (κ3) is 2.90. The van der Waals surface area contributed by atoms with E-state index in [1.54, 1.807) is 18.6 Å². The molecule has 0 amide bonds. The highest BCUT2D eigenvalue weighted by Gasteiger charge is 2.32. The van der Waals surface area contributed by atoms with Gasteiger partial charge in [0.05, 0.1) is 17.6 Å². The topological polar surface area (TPSA) is 106 Å². The maximum absolute atomic E-state index is 6.25. The van der Waals surface area contributed by atoms with Gasteiger partial charge in [-0.05, 0) is 12.0 Å².